The third-order valence-electron chi connectivity index (χ3n) is 3.99. The molecule has 1 aliphatic carbocycles. The molecule has 0 radical (unpaired) electrons. The number of carbonyl (C=O) groups is 2. The average molecular weight is 379 g/mol. The fourth-order valence-electron chi connectivity index (χ4n) is 2.53. The van der Waals surface area contributed by atoms with Crippen LogP contribution >= 0.6 is 15.9 Å². The third-order valence-corrected chi connectivity index (χ3v) is 4.68. The molecule has 2 N–H and O–H groups in total. The largest absolute Gasteiger partial charge is 0.476 e. The Morgan fingerprint density at radius 2 is 2.09 bits per heavy atom. The second-order valence-electron chi connectivity index (χ2n) is 5.64. The highest BCUT2D eigenvalue weighted by Gasteiger charge is 2.45. The zero-order valence-electron chi connectivity index (χ0n) is 12.2. The molecule has 1 aliphatic rings. The lowest BCUT2D eigenvalue weighted by atomic mass is 9.96. The molecule has 1 aromatic carbocycles. The topological polar surface area (TPSA) is 97.1 Å². The van der Waals surface area contributed by atoms with Crippen molar-refractivity contribution in [2.45, 2.75) is 24.8 Å². The highest BCUT2D eigenvalue weighted by molar-refractivity contribution is 9.10. The first-order valence-corrected chi connectivity index (χ1v) is 7.95. The number of halogens is 1. The van der Waals surface area contributed by atoms with E-state index < -0.39 is 5.97 Å². The summed E-state index contributed by atoms with van der Waals surface area (Å²) in [6, 6.07) is 8.03. The van der Waals surface area contributed by atoms with Crippen LogP contribution < -0.4 is 5.32 Å². The summed E-state index contributed by atoms with van der Waals surface area (Å²) in [6.45, 7) is 0.501. The van der Waals surface area contributed by atoms with Gasteiger partial charge in [0.15, 0.2) is 5.69 Å². The molecule has 3 rings (SSSR count). The van der Waals surface area contributed by atoms with Gasteiger partial charge in [-0.1, -0.05) is 39.3 Å². The highest BCUT2D eigenvalue weighted by atomic mass is 79.9. The monoisotopic (exact) mass is 378 g/mol. The Bertz CT molecular complexity index is 755. The van der Waals surface area contributed by atoms with E-state index in [1.807, 2.05) is 18.2 Å². The van der Waals surface area contributed by atoms with Gasteiger partial charge >= 0.3 is 5.97 Å². The molecule has 1 amide bonds. The molecule has 1 saturated carbocycles. The van der Waals surface area contributed by atoms with Crippen LogP contribution in [0.1, 0.15) is 28.9 Å². The maximum Gasteiger partial charge on any atom is 0.358 e. The van der Waals surface area contributed by atoms with Crippen molar-refractivity contribution in [1.29, 1.82) is 0 Å². The van der Waals surface area contributed by atoms with Crippen LogP contribution in [0.2, 0.25) is 0 Å². The molecule has 7 nitrogen and oxygen atoms in total. The fraction of sp³-hybridized carbons (Fsp3) is 0.333. The first-order chi connectivity index (χ1) is 11.0. The van der Waals surface area contributed by atoms with E-state index in [1.54, 1.807) is 0 Å². The number of aromatic nitrogens is 3. The summed E-state index contributed by atoms with van der Waals surface area (Å²) in [5.74, 6) is -1.38. The third kappa shape index (κ3) is 3.42. The summed E-state index contributed by atoms with van der Waals surface area (Å²) in [5, 5.41) is 18.8. The first-order valence-electron chi connectivity index (χ1n) is 7.15. The number of carbonyl (C=O) groups excluding carboxylic acids is 1. The van der Waals surface area contributed by atoms with Gasteiger partial charge in [0.05, 0.1) is 6.20 Å². The van der Waals surface area contributed by atoms with Crippen LogP contribution in [0.15, 0.2) is 34.9 Å². The van der Waals surface area contributed by atoms with Crippen LogP contribution in [-0.4, -0.2) is 38.5 Å². The van der Waals surface area contributed by atoms with Crippen LogP contribution in [0, 0.1) is 0 Å². The van der Waals surface area contributed by atoms with Gasteiger partial charge in [-0.3, -0.25) is 4.79 Å². The number of benzene rings is 1. The lowest BCUT2D eigenvalue weighted by Gasteiger charge is -2.18. The number of hydrogen-bond acceptors (Lipinski definition) is 4. The van der Waals surface area contributed by atoms with Crippen LogP contribution in [0.4, 0.5) is 0 Å². The molecule has 0 saturated heterocycles. The van der Waals surface area contributed by atoms with Gasteiger partial charge in [0.1, 0.15) is 6.54 Å². The fourth-order valence-corrected chi connectivity index (χ4v) is 3.23. The van der Waals surface area contributed by atoms with Crippen LogP contribution in [0.3, 0.4) is 0 Å². The van der Waals surface area contributed by atoms with Crippen LogP contribution in [0.5, 0.6) is 0 Å². The second kappa shape index (κ2) is 6.11. The molecule has 2 aromatic rings. The normalized spacial score (nSPS) is 15.2. The maximum absolute atomic E-state index is 12.0. The molecule has 1 aromatic heterocycles. The summed E-state index contributed by atoms with van der Waals surface area (Å²) in [4.78, 5) is 22.8. The van der Waals surface area contributed by atoms with Crippen molar-refractivity contribution in [2.75, 3.05) is 6.54 Å². The van der Waals surface area contributed by atoms with Gasteiger partial charge in [0.25, 0.3) is 0 Å². The minimum absolute atomic E-state index is 0.00958. The molecular formula is C15H15BrN4O3. The van der Waals surface area contributed by atoms with Gasteiger partial charge < -0.3 is 10.4 Å². The Balaban J connectivity index is 1.59. The number of nitrogens with zero attached hydrogens (tertiary/aromatic N) is 3. The van der Waals surface area contributed by atoms with E-state index in [0.29, 0.717) is 6.54 Å². The van der Waals surface area contributed by atoms with E-state index >= 15 is 0 Å². The molecule has 8 heteroatoms. The number of nitrogens with one attached hydrogen (secondary N) is 1. The van der Waals surface area contributed by atoms with Crippen LogP contribution in [0.25, 0.3) is 0 Å². The average Bonchev–Trinajstić information content (AvgIpc) is 3.16. The number of carboxylic acids is 1. The van der Waals surface area contributed by atoms with Crippen molar-refractivity contribution >= 4 is 27.8 Å². The zero-order valence-corrected chi connectivity index (χ0v) is 13.8. The number of aromatic carboxylic acids is 1. The molecule has 1 heterocycles. The highest BCUT2D eigenvalue weighted by Crippen LogP contribution is 2.49. The van der Waals surface area contributed by atoms with E-state index in [2.05, 4.69) is 37.6 Å². The predicted molar refractivity (Wildman–Crippen MR) is 85.0 cm³/mol. The number of carboxylic acid groups (broad SMARTS) is 1. The van der Waals surface area contributed by atoms with Gasteiger partial charge in [-0.15, -0.1) is 5.10 Å². The molecule has 23 heavy (non-hydrogen) atoms. The van der Waals surface area contributed by atoms with Crippen molar-refractivity contribution in [2.24, 2.45) is 0 Å². The Hall–Kier alpha value is -2.22. The Morgan fingerprint density at radius 3 is 2.70 bits per heavy atom. The van der Waals surface area contributed by atoms with Gasteiger partial charge in [-0.05, 0) is 24.5 Å². The van der Waals surface area contributed by atoms with Crippen molar-refractivity contribution in [3.8, 4) is 0 Å². The van der Waals surface area contributed by atoms with Gasteiger partial charge in [-0.25, -0.2) is 9.48 Å². The van der Waals surface area contributed by atoms with Gasteiger partial charge in [-0.2, -0.15) is 0 Å². The second-order valence-corrected chi connectivity index (χ2v) is 6.50. The molecule has 0 aliphatic heterocycles. The molecule has 0 atom stereocenters. The smallest absolute Gasteiger partial charge is 0.358 e. The van der Waals surface area contributed by atoms with Crippen molar-refractivity contribution in [3.05, 3.63) is 46.2 Å². The summed E-state index contributed by atoms with van der Waals surface area (Å²) in [7, 11) is 0. The minimum Gasteiger partial charge on any atom is -0.476 e. The number of amides is 1. The molecule has 120 valence electrons. The summed E-state index contributed by atoms with van der Waals surface area (Å²) in [6.07, 6.45) is 3.30. The predicted octanol–water partition coefficient (Wildman–Crippen LogP) is 1.59. The van der Waals surface area contributed by atoms with Crippen molar-refractivity contribution in [1.82, 2.24) is 20.3 Å². The number of hydrogen-bond donors (Lipinski definition) is 2. The minimum atomic E-state index is -1.16. The van der Waals surface area contributed by atoms with E-state index in [1.165, 1.54) is 16.4 Å². The first kappa shape index (κ1) is 15.7. The molecule has 0 bridgehead atoms. The van der Waals surface area contributed by atoms with E-state index in [4.69, 9.17) is 5.11 Å². The number of rotatable bonds is 6. The Morgan fingerprint density at radius 1 is 1.35 bits per heavy atom. The summed E-state index contributed by atoms with van der Waals surface area (Å²) < 4.78 is 2.27. The van der Waals surface area contributed by atoms with Gasteiger partial charge in [0.2, 0.25) is 5.91 Å². The maximum atomic E-state index is 12.0. The lowest BCUT2D eigenvalue weighted by Crippen LogP contribution is -2.34. The summed E-state index contributed by atoms with van der Waals surface area (Å²) in [5.41, 5.74) is 1.02. The molecule has 1 fully saturated rings. The van der Waals surface area contributed by atoms with E-state index in [9.17, 15) is 9.59 Å². The SMILES string of the molecule is O=C(Cn1cc(C(=O)O)nn1)NCC1(c2ccccc2Br)CC1. The molecule has 0 unspecified atom stereocenters. The Kier molecular flexibility index (Phi) is 4.16. The van der Waals surface area contributed by atoms with Crippen molar-refractivity contribution < 1.29 is 14.7 Å². The Labute approximate surface area is 140 Å². The summed E-state index contributed by atoms with van der Waals surface area (Å²) >= 11 is 3.56. The van der Waals surface area contributed by atoms with Crippen molar-refractivity contribution in [3.63, 3.8) is 0 Å². The zero-order chi connectivity index (χ0) is 16.4. The standard InChI is InChI=1S/C15H15BrN4O3/c16-11-4-2-1-3-10(11)15(5-6-15)9-17-13(21)8-20-7-12(14(22)23)18-19-20/h1-4,7H,5-6,8-9H2,(H,17,21)(H,22,23). The van der Waals surface area contributed by atoms with Gasteiger partial charge in [0, 0.05) is 16.4 Å². The van der Waals surface area contributed by atoms with E-state index in [0.717, 1.165) is 17.3 Å². The molecular weight excluding hydrogens is 364 g/mol. The van der Waals surface area contributed by atoms with Crippen LogP contribution in [-0.2, 0) is 16.8 Å². The quantitative estimate of drug-likeness (QED) is 0.795. The lowest BCUT2D eigenvalue weighted by molar-refractivity contribution is -0.122. The van der Waals surface area contributed by atoms with E-state index in [-0.39, 0.29) is 23.6 Å². The molecule has 0 spiro atoms.